The number of amides is 1. The lowest BCUT2D eigenvalue weighted by molar-refractivity contribution is -0.125. The highest BCUT2D eigenvalue weighted by Gasteiger charge is 2.28. The molecule has 0 fully saturated rings. The van der Waals surface area contributed by atoms with Gasteiger partial charge >= 0.3 is 5.97 Å². The zero-order valence-corrected chi connectivity index (χ0v) is 15.9. The minimum Gasteiger partial charge on any atom is -0.454 e. The Labute approximate surface area is 170 Å². The molecular formula is C20H15ClN2O6. The number of esters is 1. The standard InChI is InChI=1S/C20H15ClN2O6/c1-11-7-16(23-29-11)22-19(24)17(12-5-3-2-4-6-12)28-20(25)13-8-14(21)18-15(9-13)26-10-27-18/h2-9,17H,10H2,1H3,(H,22,23,24). The minimum atomic E-state index is -1.22. The van der Waals surface area contributed by atoms with E-state index in [1.165, 1.54) is 12.1 Å². The van der Waals surface area contributed by atoms with Crippen molar-refractivity contribution in [3.05, 3.63) is 70.4 Å². The third kappa shape index (κ3) is 4.02. The van der Waals surface area contributed by atoms with E-state index in [0.717, 1.165) is 0 Å². The molecule has 4 rings (SSSR count). The molecule has 8 nitrogen and oxygen atoms in total. The molecule has 0 saturated heterocycles. The summed E-state index contributed by atoms with van der Waals surface area (Å²) in [4.78, 5) is 25.6. The van der Waals surface area contributed by atoms with E-state index < -0.39 is 18.0 Å². The summed E-state index contributed by atoms with van der Waals surface area (Å²) in [5, 5.41) is 6.52. The topological polar surface area (TPSA) is 99.9 Å². The van der Waals surface area contributed by atoms with Gasteiger partial charge in [0.25, 0.3) is 5.91 Å². The van der Waals surface area contributed by atoms with Crippen LogP contribution in [0.5, 0.6) is 11.5 Å². The maximum atomic E-state index is 12.8. The van der Waals surface area contributed by atoms with Gasteiger partial charge < -0.3 is 24.1 Å². The highest BCUT2D eigenvalue weighted by molar-refractivity contribution is 6.32. The molecule has 1 unspecified atom stereocenters. The number of aromatic nitrogens is 1. The van der Waals surface area contributed by atoms with Crippen LogP contribution in [0.25, 0.3) is 0 Å². The maximum absolute atomic E-state index is 12.8. The van der Waals surface area contributed by atoms with Crippen LogP contribution in [0.4, 0.5) is 5.82 Å². The van der Waals surface area contributed by atoms with Crippen LogP contribution in [-0.4, -0.2) is 23.8 Å². The quantitative estimate of drug-likeness (QED) is 0.632. The number of benzene rings is 2. The molecule has 1 amide bonds. The molecule has 1 aliphatic rings. The summed E-state index contributed by atoms with van der Waals surface area (Å²) in [6, 6.07) is 13.0. The van der Waals surface area contributed by atoms with Crippen molar-refractivity contribution in [2.45, 2.75) is 13.0 Å². The first-order chi connectivity index (χ1) is 14.0. The van der Waals surface area contributed by atoms with Crippen LogP contribution >= 0.6 is 11.6 Å². The molecule has 1 atom stereocenters. The van der Waals surface area contributed by atoms with Gasteiger partial charge in [0, 0.05) is 11.6 Å². The fourth-order valence-electron chi connectivity index (χ4n) is 2.78. The summed E-state index contributed by atoms with van der Waals surface area (Å²) in [6.45, 7) is 1.71. The van der Waals surface area contributed by atoms with Crippen molar-refractivity contribution in [2.24, 2.45) is 0 Å². The fraction of sp³-hybridized carbons (Fsp3) is 0.150. The molecule has 2 aromatic carbocycles. The average Bonchev–Trinajstić information content (AvgIpc) is 3.35. The second-order valence-electron chi connectivity index (χ2n) is 6.20. The zero-order valence-electron chi connectivity index (χ0n) is 15.2. The molecule has 29 heavy (non-hydrogen) atoms. The van der Waals surface area contributed by atoms with E-state index in [4.69, 9.17) is 30.3 Å². The molecule has 0 aliphatic carbocycles. The third-order valence-corrected chi connectivity index (χ3v) is 4.39. The van der Waals surface area contributed by atoms with Gasteiger partial charge in [-0.2, -0.15) is 0 Å². The Morgan fingerprint density at radius 1 is 1.17 bits per heavy atom. The molecule has 9 heteroatoms. The van der Waals surface area contributed by atoms with E-state index >= 15 is 0 Å². The SMILES string of the molecule is Cc1cc(NC(=O)C(OC(=O)c2cc(Cl)c3c(c2)OCO3)c2ccccc2)no1. The molecule has 0 spiro atoms. The molecule has 3 aromatic rings. The Balaban J connectivity index is 1.59. The van der Waals surface area contributed by atoms with Crippen molar-refractivity contribution in [1.82, 2.24) is 5.16 Å². The Morgan fingerprint density at radius 3 is 2.69 bits per heavy atom. The van der Waals surface area contributed by atoms with Crippen molar-refractivity contribution in [3.63, 3.8) is 0 Å². The molecular weight excluding hydrogens is 400 g/mol. The number of nitrogens with zero attached hydrogens (tertiary/aromatic N) is 1. The number of carbonyl (C=O) groups is 2. The second kappa shape index (κ2) is 7.84. The van der Waals surface area contributed by atoms with Gasteiger partial charge in [0.15, 0.2) is 17.3 Å². The predicted molar refractivity (Wildman–Crippen MR) is 102 cm³/mol. The first kappa shape index (κ1) is 18.8. The number of aryl methyl sites for hydroxylation is 1. The number of nitrogens with one attached hydrogen (secondary N) is 1. The van der Waals surface area contributed by atoms with Crippen LogP contribution in [0.15, 0.2) is 53.1 Å². The van der Waals surface area contributed by atoms with Gasteiger partial charge in [0.2, 0.25) is 12.9 Å². The number of hydrogen-bond acceptors (Lipinski definition) is 7. The average molecular weight is 415 g/mol. The van der Waals surface area contributed by atoms with Crippen LogP contribution in [0.1, 0.15) is 27.8 Å². The van der Waals surface area contributed by atoms with Gasteiger partial charge in [-0.1, -0.05) is 47.1 Å². The molecule has 0 saturated carbocycles. The smallest absolute Gasteiger partial charge is 0.339 e. The lowest BCUT2D eigenvalue weighted by Crippen LogP contribution is -2.26. The van der Waals surface area contributed by atoms with Crippen LogP contribution < -0.4 is 14.8 Å². The van der Waals surface area contributed by atoms with E-state index in [1.807, 2.05) is 0 Å². The minimum absolute atomic E-state index is 0.0136. The first-order valence-electron chi connectivity index (χ1n) is 8.60. The van der Waals surface area contributed by atoms with Gasteiger partial charge in [-0.3, -0.25) is 4.79 Å². The van der Waals surface area contributed by atoms with Crippen molar-refractivity contribution in [2.75, 3.05) is 12.1 Å². The monoisotopic (exact) mass is 414 g/mol. The highest BCUT2D eigenvalue weighted by Crippen LogP contribution is 2.40. The van der Waals surface area contributed by atoms with Gasteiger partial charge in [-0.05, 0) is 19.1 Å². The number of rotatable bonds is 5. The van der Waals surface area contributed by atoms with E-state index in [0.29, 0.717) is 22.8 Å². The van der Waals surface area contributed by atoms with Crippen molar-refractivity contribution >= 4 is 29.3 Å². The predicted octanol–water partition coefficient (Wildman–Crippen LogP) is 3.90. The van der Waals surface area contributed by atoms with Gasteiger partial charge in [0.05, 0.1) is 10.6 Å². The van der Waals surface area contributed by atoms with Crippen molar-refractivity contribution < 1.29 is 28.3 Å². The van der Waals surface area contributed by atoms with Crippen LogP contribution in [0.2, 0.25) is 5.02 Å². The molecule has 1 aliphatic heterocycles. The Kier molecular flexibility index (Phi) is 5.09. The maximum Gasteiger partial charge on any atom is 0.339 e. The summed E-state index contributed by atoms with van der Waals surface area (Å²) < 4.78 is 21.0. The van der Waals surface area contributed by atoms with E-state index in [-0.39, 0.29) is 23.2 Å². The summed E-state index contributed by atoms with van der Waals surface area (Å²) >= 11 is 6.13. The largest absolute Gasteiger partial charge is 0.454 e. The molecule has 0 bridgehead atoms. The second-order valence-corrected chi connectivity index (χ2v) is 6.61. The fourth-order valence-corrected chi connectivity index (χ4v) is 3.04. The number of hydrogen-bond donors (Lipinski definition) is 1. The van der Waals surface area contributed by atoms with Crippen molar-refractivity contribution in [3.8, 4) is 11.5 Å². The van der Waals surface area contributed by atoms with Crippen LogP contribution in [0, 0.1) is 6.92 Å². The Hall–Kier alpha value is -3.52. The van der Waals surface area contributed by atoms with Crippen molar-refractivity contribution in [1.29, 1.82) is 0 Å². The molecule has 2 heterocycles. The van der Waals surface area contributed by atoms with Crippen LogP contribution in [0.3, 0.4) is 0 Å². The Morgan fingerprint density at radius 2 is 1.97 bits per heavy atom. The summed E-state index contributed by atoms with van der Waals surface area (Å²) in [5.41, 5.74) is 0.621. The molecule has 0 radical (unpaired) electrons. The molecule has 148 valence electrons. The van der Waals surface area contributed by atoms with Gasteiger partial charge in [-0.15, -0.1) is 0 Å². The van der Waals surface area contributed by atoms with Gasteiger partial charge in [-0.25, -0.2) is 4.79 Å². The van der Waals surface area contributed by atoms with E-state index in [1.54, 1.807) is 43.3 Å². The number of halogens is 1. The summed E-state index contributed by atoms with van der Waals surface area (Å²) in [6.07, 6.45) is -1.22. The lowest BCUT2D eigenvalue weighted by atomic mass is 10.1. The normalized spacial score (nSPS) is 13.0. The third-order valence-electron chi connectivity index (χ3n) is 4.11. The Bertz CT molecular complexity index is 1070. The molecule has 1 aromatic heterocycles. The number of fused-ring (bicyclic) bond motifs is 1. The van der Waals surface area contributed by atoms with E-state index in [2.05, 4.69) is 10.5 Å². The number of ether oxygens (including phenoxy) is 3. The number of anilines is 1. The first-order valence-corrected chi connectivity index (χ1v) is 8.98. The number of carbonyl (C=O) groups excluding carboxylic acids is 2. The molecule has 1 N–H and O–H groups in total. The van der Waals surface area contributed by atoms with E-state index in [9.17, 15) is 9.59 Å². The van der Waals surface area contributed by atoms with Gasteiger partial charge in [0.1, 0.15) is 5.76 Å². The summed E-state index contributed by atoms with van der Waals surface area (Å²) in [7, 11) is 0. The van der Waals surface area contributed by atoms with Crippen LogP contribution in [-0.2, 0) is 9.53 Å². The zero-order chi connectivity index (χ0) is 20.4. The lowest BCUT2D eigenvalue weighted by Gasteiger charge is -2.17. The summed E-state index contributed by atoms with van der Waals surface area (Å²) in [5.74, 6) is 0.125. The highest BCUT2D eigenvalue weighted by atomic mass is 35.5.